The van der Waals surface area contributed by atoms with Crippen LogP contribution in [-0.2, 0) is 13.1 Å². The number of methoxy groups -OCH3 is 1. The van der Waals surface area contributed by atoms with Crippen molar-refractivity contribution >= 4 is 29.9 Å². The summed E-state index contributed by atoms with van der Waals surface area (Å²) >= 11 is 0. The highest BCUT2D eigenvalue weighted by atomic mass is 127. The molecule has 0 radical (unpaired) electrons. The number of aromatic nitrogens is 2. The number of nitrogens with one attached hydrogen (secondary N) is 1. The van der Waals surface area contributed by atoms with Crippen molar-refractivity contribution in [2.45, 2.75) is 19.6 Å². The van der Waals surface area contributed by atoms with Gasteiger partial charge in [-0.3, -0.25) is 9.56 Å². The van der Waals surface area contributed by atoms with Crippen LogP contribution < -0.4 is 10.1 Å². The number of alkyl halides is 2. The first-order chi connectivity index (χ1) is 11.6. The van der Waals surface area contributed by atoms with Crippen molar-refractivity contribution in [1.82, 2.24) is 19.8 Å². The maximum Gasteiger partial charge on any atom is 0.319 e. The zero-order valence-electron chi connectivity index (χ0n) is 14.3. The average molecular weight is 465 g/mol. The molecule has 0 aliphatic carbocycles. The highest BCUT2D eigenvalue weighted by Crippen LogP contribution is 2.18. The van der Waals surface area contributed by atoms with Crippen LogP contribution in [-0.4, -0.2) is 41.6 Å². The van der Waals surface area contributed by atoms with Crippen LogP contribution >= 0.6 is 24.0 Å². The standard InChI is InChI=1S/C16H21F2N5O.HI/c1-19-16(21-10-14-20-8-9-23(14)15(17)18)22(2)11-12-6-4-5-7-13(12)24-3;/h4-9,15H,10-11H2,1-3H3,(H,19,21);1H. The smallest absolute Gasteiger partial charge is 0.319 e. The van der Waals surface area contributed by atoms with Crippen LogP contribution in [0.1, 0.15) is 17.9 Å². The molecule has 0 aliphatic heterocycles. The second-order valence-corrected chi connectivity index (χ2v) is 5.10. The highest BCUT2D eigenvalue weighted by Gasteiger charge is 2.14. The van der Waals surface area contributed by atoms with E-state index < -0.39 is 6.55 Å². The van der Waals surface area contributed by atoms with Crippen molar-refractivity contribution in [3.63, 3.8) is 0 Å². The molecule has 0 aliphatic rings. The monoisotopic (exact) mass is 465 g/mol. The van der Waals surface area contributed by atoms with Crippen LogP contribution in [0, 0.1) is 0 Å². The van der Waals surface area contributed by atoms with E-state index in [9.17, 15) is 8.78 Å². The van der Waals surface area contributed by atoms with Crippen molar-refractivity contribution in [2.75, 3.05) is 21.2 Å². The van der Waals surface area contributed by atoms with Gasteiger partial charge in [-0.15, -0.1) is 24.0 Å². The molecule has 0 amide bonds. The molecule has 138 valence electrons. The third-order valence-electron chi connectivity index (χ3n) is 3.54. The van der Waals surface area contributed by atoms with Gasteiger partial charge in [-0.05, 0) is 6.07 Å². The zero-order valence-corrected chi connectivity index (χ0v) is 16.6. The van der Waals surface area contributed by atoms with Crippen LogP contribution in [0.15, 0.2) is 41.7 Å². The lowest BCUT2D eigenvalue weighted by atomic mass is 10.2. The van der Waals surface area contributed by atoms with E-state index in [1.807, 2.05) is 36.2 Å². The number of halogens is 3. The number of aliphatic imine (C=N–C) groups is 1. The Hall–Kier alpha value is -1.91. The van der Waals surface area contributed by atoms with Gasteiger partial charge >= 0.3 is 6.55 Å². The highest BCUT2D eigenvalue weighted by molar-refractivity contribution is 14.0. The van der Waals surface area contributed by atoms with Gasteiger partial charge in [-0.1, -0.05) is 18.2 Å². The number of benzene rings is 1. The van der Waals surface area contributed by atoms with E-state index in [-0.39, 0.29) is 36.3 Å². The Morgan fingerprint density at radius 3 is 2.76 bits per heavy atom. The van der Waals surface area contributed by atoms with E-state index >= 15 is 0 Å². The van der Waals surface area contributed by atoms with E-state index in [4.69, 9.17) is 4.74 Å². The van der Waals surface area contributed by atoms with Crippen molar-refractivity contribution in [1.29, 1.82) is 0 Å². The third kappa shape index (κ3) is 5.55. The molecular formula is C16H22F2IN5O. The molecule has 0 bridgehead atoms. The number of para-hydroxylation sites is 1. The fourth-order valence-corrected chi connectivity index (χ4v) is 2.37. The summed E-state index contributed by atoms with van der Waals surface area (Å²) in [5.41, 5.74) is 1.000. The first-order valence-corrected chi connectivity index (χ1v) is 7.40. The van der Waals surface area contributed by atoms with Crippen molar-refractivity contribution in [2.24, 2.45) is 4.99 Å². The molecule has 1 heterocycles. The second-order valence-electron chi connectivity index (χ2n) is 5.10. The molecule has 2 aromatic rings. The van der Waals surface area contributed by atoms with E-state index in [0.717, 1.165) is 15.9 Å². The molecular weight excluding hydrogens is 443 g/mol. The lowest BCUT2D eigenvalue weighted by Gasteiger charge is -2.23. The normalized spacial score (nSPS) is 11.2. The molecule has 0 fully saturated rings. The van der Waals surface area contributed by atoms with Gasteiger partial charge in [0, 0.05) is 38.6 Å². The fraction of sp³-hybridized carbons (Fsp3) is 0.375. The molecule has 0 unspecified atom stereocenters. The van der Waals surface area contributed by atoms with Crippen LogP contribution in [0.3, 0.4) is 0 Å². The fourth-order valence-electron chi connectivity index (χ4n) is 2.37. The summed E-state index contributed by atoms with van der Waals surface area (Å²) in [6, 6.07) is 7.69. The van der Waals surface area contributed by atoms with Crippen molar-refractivity contribution in [3.8, 4) is 5.75 Å². The van der Waals surface area contributed by atoms with E-state index in [1.165, 1.54) is 12.4 Å². The van der Waals surface area contributed by atoms with E-state index in [1.54, 1.807) is 14.2 Å². The minimum absolute atomic E-state index is 0. The van der Waals surface area contributed by atoms with E-state index in [2.05, 4.69) is 15.3 Å². The minimum atomic E-state index is -2.61. The molecule has 2 rings (SSSR count). The van der Waals surface area contributed by atoms with Crippen LogP contribution in [0.4, 0.5) is 8.78 Å². The number of hydrogen-bond acceptors (Lipinski definition) is 3. The zero-order chi connectivity index (χ0) is 17.5. The maximum absolute atomic E-state index is 12.8. The van der Waals surface area contributed by atoms with Crippen LogP contribution in [0.25, 0.3) is 0 Å². The lowest BCUT2D eigenvalue weighted by molar-refractivity contribution is 0.0668. The quantitative estimate of drug-likeness (QED) is 0.405. The second kappa shape index (κ2) is 10.2. The first kappa shape index (κ1) is 21.1. The largest absolute Gasteiger partial charge is 0.496 e. The Balaban J connectivity index is 0.00000312. The SMILES string of the molecule is CN=C(NCc1nccn1C(F)F)N(C)Cc1ccccc1OC.I. The molecule has 1 aromatic heterocycles. The summed E-state index contributed by atoms with van der Waals surface area (Å²) in [5, 5.41) is 3.04. The van der Waals surface area contributed by atoms with Crippen molar-refractivity contribution < 1.29 is 13.5 Å². The van der Waals surface area contributed by atoms with Gasteiger partial charge in [-0.25, -0.2) is 4.98 Å². The predicted molar refractivity (Wildman–Crippen MR) is 104 cm³/mol. The average Bonchev–Trinajstić information content (AvgIpc) is 3.04. The Bertz CT molecular complexity index is 693. The molecule has 0 spiro atoms. The number of hydrogen-bond donors (Lipinski definition) is 1. The Morgan fingerprint density at radius 2 is 2.12 bits per heavy atom. The summed E-state index contributed by atoms with van der Waals surface area (Å²) in [6.07, 6.45) is 2.60. The molecule has 1 N–H and O–H groups in total. The number of nitrogens with zero attached hydrogens (tertiary/aromatic N) is 4. The third-order valence-corrected chi connectivity index (χ3v) is 3.54. The number of imidazole rings is 1. The summed E-state index contributed by atoms with van der Waals surface area (Å²) in [7, 11) is 5.12. The van der Waals surface area contributed by atoms with Gasteiger partial charge in [0.15, 0.2) is 5.96 Å². The van der Waals surface area contributed by atoms with Gasteiger partial charge in [0.1, 0.15) is 11.6 Å². The van der Waals surface area contributed by atoms with Crippen molar-refractivity contribution in [3.05, 3.63) is 48.0 Å². The summed E-state index contributed by atoms with van der Waals surface area (Å²) in [5.74, 6) is 1.61. The Labute approximate surface area is 162 Å². The van der Waals surface area contributed by atoms with Gasteiger partial charge in [0.05, 0.1) is 13.7 Å². The number of ether oxygens (including phenoxy) is 1. The molecule has 1 aromatic carbocycles. The van der Waals surface area contributed by atoms with Gasteiger partial charge in [0.2, 0.25) is 0 Å². The molecule has 25 heavy (non-hydrogen) atoms. The Kier molecular flexibility index (Phi) is 8.59. The topological polar surface area (TPSA) is 54.7 Å². The van der Waals surface area contributed by atoms with Crippen LogP contribution in [0.2, 0.25) is 0 Å². The van der Waals surface area contributed by atoms with Gasteiger partial charge < -0.3 is 15.0 Å². The summed E-state index contributed by atoms with van der Waals surface area (Å²) in [4.78, 5) is 10.0. The predicted octanol–water partition coefficient (Wildman–Crippen LogP) is 3.11. The number of guanidine groups is 1. The molecule has 0 atom stereocenters. The molecule has 6 nitrogen and oxygen atoms in total. The summed E-state index contributed by atoms with van der Waals surface area (Å²) < 4.78 is 31.8. The maximum atomic E-state index is 12.8. The summed E-state index contributed by atoms with van der Waals surface area (Å²) in [6.45, 7) is -1.90. The lowest BCUT2D eigenvalue weighted by Crippen LogP contribution is -2.38. The molecule has 0 saturated heterocycles. The first-order valence-electron chi connectivity index (χ1n) is 7.40. The molecule has 9 heteroatoms. The molecule has 0 saturated carbocycles. The van der Waals surface area contributed by atoms with E-state index in [0.29, 0.717) is 12.5 Å². The van der Waals surface area contributed by atoms with Gasteiger partial charge in [0.25, 0.3) is 0 Å². The van der Waals surface area contributed by atoms with Crippen LogP contribution in [0.5, 0.6) is 5.75 Å². The Morgan fingerprint density at radius 1 is 1.40 bits per heavy atom. The minimum Gasteiger partial charge on any atom is -0.496 e. The van der Waals surface area contributed by atoms with Gasteiger partial charge in [-0.2, -0.15) is 8.78 Å². The number of rotatable bonds is 6.